The molecule has 27 heavy (non-hydrogen) atoms. The summed E-state index contributed by atoms with van der Waals surface area (Å²) >= 11 is 0. The molecule has 4 aliphatic rings. The zero-order chi connectivity index (χ0) is 19.4. The molecule has 2 N–H and O–H groups in total. The standard InChI is InChI=1S/C24H38O3/c1-15(4-9-22(26)27)19-7-8-20-18-6-5-16-14-17(25)10-12-23(16,2)21(18)11-13-24(19,20)3/h16-18,20-21,25H,4-14H2,1-3H3,(H,26,27)/b19-15+/t16-,17-,18?,20?,21?,23+,24-/m1/s1. The average molecular weight is 375 g/mol. The van der Waals surface area contributed by atoms with E-state index in [1.165, 1.54) is 50.5 Å². The maximum atomic E-state index is 11.0. The van der Waals surface area contributed by atoms with E-state index in [-0.39, 0.29) is 12.5 Å². The Bertz CT molecular complexity index is 638. The Morgan fingerprint density at radius 1 is 1.04 bits per heavy atom. The average Bonchev–Trinajstić information content (AvgIpc) is 2.97. The number of rotatable bonds is 3. The van der Waals surface area contributed by atoms with Gasteiger partial charge in [0.1, 0.15) is 0 Å². The van der Waals surface area contributed by atoms with Crippen molar-refractivity contribution in [3.8, 4) is 0 Å². The van der Waals surface area contributed by atoms with Gasteiger partial charge in [0.15, 0.2) is 0 Å². The van der Waals surface area contributed by atoms with E-state index in [1.54, 1.807) is 5.57 Å². The van der Waals surface area contributed by atoms with Crippen molar-refractivity contribution >= 4 is 5.97 Å². The largest absolute Gasteiger partial charge is 0.481 e. The van der Waals surface area contributed by atoms with Gasteiger partial charge >= 0.3 is 5.97 Å². The maximum absolute atomic E-state index is 11.0. The Hall–Kier alpha value is -0.830. The molecule has 0 aromatic carbocycles. The lowest BCUT2D eigenvalue weighted by Gasteiger charge is -2.60. The lowest BCUT2D eigenvalue weighted by Crippen LogP contribution is -2.53. The van der Waals surface area contributed by atoms with Gasteiger partial charge in [-0.3, -0.25) is 4.79 Å². The van der Waals surface area contributed by atoms with Gasteiger partial charge in [-0.25, -0.2) is 0 Å². The Morgan fingerprint density at radius 2 is 1.81 bits per heavy atom. The highest BCUT2D eigenvalue weighted by Crippen LogP contribution is 2.67. The molecule has 0 radical (unpaired) electrons. The van der Waals surface area contributed by atoms with E-state index in [4.69, 9.17) is 5.11 Å². The molecule has 4 aliphatic carbocycles. The van der Waals surface area contributed by atoms with E-state index in [2.05, 4.69) is 20.8 Å². The number of aliphatic hydroxyl groups is 1. The zero-order valence-electron chi connectivity index (χ0n) is 17.5. The van der Waals surface area contributed by atoms with Crippen LogP contribution in [0.15, 0.2) is 11.1 Å². The number of hydrogen-bond acceptors (Lipinski definition) is 2. The van der Waals surface area contributed by atoms with Crippen molar-refractivity contribution in [3.05, 3.63) is 11.1 Å². The SMILES string of the molecule is C/C(CCC(=O)O)=C1/CCC2C3CC[C@@H]4C[C@H](O)CC[C@]4(C)C3CC[C@]12C. The summed E-state index contributed by atoms with van der Waals surface area (Å²) in [5.41, 5.74) is 3.72. The van der Waals surface area contributed by atoms with Crippen molar-refractivity contribution in [2.75, 3.05) is 0 Å². The van der Waals surface area contributed by atoms with Crippen molar-refractivity contribution in [1.82, 2.24) is 0 Å². The molecular weight excluding hydrogens is 336 g/mol. The predicted octanol–water partition coefficient (Wildman–Crippen LogP) is 5.57. The second-order valence-electron chi connectivity index (χ2n) is 10.7. The highest BCUT2D eigenvalue weighted by Gasteiger charge is 2.59. The number of allylic oxidation sites excluding steroid dienone is 2. The first-order valence-electron chi connectivity index (χ1n) is 11.3. The lowest BCUT2D eigenvalue weighted by molar-refractivity contribution is -0.136. The fourth-order valence-electron chi connectivity index (χ4n) is 8.19. The predicted molar refractivity (Wildman–Crippen MR) is 107 cm³/mol. The van der Waals surface area contributed by atoms with E-state index in [0.29, 0.717) is 10.8 Å². The minimum atomic E-state index is -0.677. The van der Waals surface area contributed by atoms with E-state index in [9.17, 15) is 9.90 Å². The van der Waals surface area contributed by atoms with Crippen LogP contribution >= 0.6 is 0 Å². The van der Waals surface area contributed by atoms with Crippen LogP contribution in [-0.4, -0.2) is 22.3 Å². The third kappa shape index (κ3) is 3.09. The normalized spacial score (nSPS) is 48.4. The third-order valence-corrected chi connectivity index (χ3v) is 9.65. The molecule has 3 nitrogen and oxygen atoms in total. The highest BCUT2D eigenvalue weighted by molar-refractivity contribution is 5.67. The highest BCUT2D eigenvalue weighted by atomic mass is 16.4. The maximum Gasteiger partial charge on any atom is 0.303 e. The molecule has 0 aromatic heterocycles. The fraction of sp³-hybridized carbons (Fsp3) is 0.875. The van der Waals surface area contributed by atoms with Crippen molar-refractivity contribution in [2.24, 2.45) is 34.5 Å². The fourth-order valence-corrected chi connectivity index (χ4v) is 8.19. The van der Waals surface area contributed by atoms with Gasteiger partial charge < -0.3 is 10.2 Å². The quantitative estimate of drug-likeness (QED) is 0.635. The summed E-state index contributed by atoms with van der Waals surface area (Å²) in [6.07, 6.45) is 11.9. The number of fused-ring (bicyclic) bond motifs is 5. The molecule has 0 heterocycles. The number of carboxylic acids is 1. The van der Waals surface area contributed by atoms with Crippen molar-refractivity contribution in [3.63, 3.8) is 0 Å². The van der Waals surface area contributed by atoms with Gasteiger partial charge in [0.25, 0.3) is 0 Å². The Morgan fingerprint density at radius 3 is 2.56 bits per heavy atom. The molecule has 0 amide bonds. The molecule has 3 heteroatoms. The van der Waals surface area contributed by atoms with Gasteiger partial charge in [-0.2, -0.15) is 0 Å². The van der Waals surface area contributed by atoms with Gasteiger partial charge in [-0.05, 0) is 106 Å². The van der Waals surface area contributed by atoms with E-state index in [0.717, 1.165) is 42.9 Å². The lowest BCUT2D eigenvalue weighted by atomic mass is 9.45. The summed E-state index contributed by atoms with van der Waals surface area (Å²) in [7, 11) is 0. The number of hydrogen-bond donors (Lipinski definition) is 2. The van der Waals surface area contributed by atoms with Crippen LogP contribution in [0.25, 0.3) is 0 Å². The van der Waals surface area contributed by atoms with Gasteiger partial charge in [-0.15, -0.1) is 0 Å². The molecule has 4 saturated carbocycles. The number of carbonyl (C=O) groups is 1. The summed E-state index contributed by atoms with van der Waals surface area (Å²) in [6, 6.07) is 0. The van der Waals surface area contributed by atoms with Crippen LogP contribution in [0.2, 0.25) is 0 Å². The van der Waals surface area contributed by atoms with Crippen molar-refractivity contribution in [2.45, 2.75) is 97.5 Å². The Labute approximate surface area is 164 Å². The number of carboxylic acid groups (broad SMARTS) is 1. The minimum Gasteiger partial charge on any atom is -0.481 e. The monoisotopic (exact) mass is 374 g/mol. The van der Waals surface area contributed by atoms with E-state index in [1.807, 2.05) is 0 Å². The first-order valence-corrected chi connectivity index (χ1v) is 11.3. The van der Waals surface area contributed by atoms with Gasteiger partial charge in [0, 0.05) is 6.42 Å². The number of aliphatic carboxylic acids is 1. The molecule has 3 unspecified atom stereocenters. The van der Waals surface area contributed by atoms with Crippen LogP contribution < -0.4 is 0 Å². The van der Waals surface area contributed by atoms with E-state index < -0.39 is 5.97 Å². The smallest absolute Gasteiger partial charge is 0.303 e. The molecule has 4 fully saturated rings. The minimum absolute atomic E-state index is 0.0635. The molecule has 152 valence electrons. The van der Waals surface area contributed by atoms with Crippen molar-refractivity contribution < 1.29 is 15.0 Å². The third-order valence-electron chi connectivity index (χ3n) is 9.65. The zero-order valence-corrected chi connectivity index (χ0v) is 17.5. The van der Waals surface area contributed by atoms with Crippen LogP contribution in [0.3, 0.4) is 0 Å². The van der Waals surface area contributed by atoms with Crippen LogP contribution in [0.4, 0.5) is 0 Å². The van der Waals surface area contributed by atoms with Gasteiger partial charge in [0.2, 0.25) is 0 Å². The van der Waals surface area contributed by atoms with Crippen LogP contribution in [0.5, 0.6) is 0 Å². The Kier molecular flexibility index (Phi) is 4.98. The van der Waals surface area contributed by atoms with Crippen LogP contribution in [-0.2, 0) is 4.79 Å². The molecule has 0 saturated heterocycles. The summed E-state index contributed by atoms with van der Waals surface area (Å²) < 4.78 is 0. The van der Waals surface area contributed by atoms with Gasteiger partial charge in [0.05, 0.1) is 6.10 Å². The second kappa shape index (κ2) is 6.90. The van der Waals surface area contributed by atoms with E-state index >= 15 is 0 Å². The molecular formula is C24H38O3. The Balaban J connectivity index is 1.57. The summed E-state index contributed by atoms with van der Waals surface area (Å²) in [5.74, 6) is 2.51. The van der Waals surface area contributed by atoms with Crippen molar-refractivity contribution in [1.29, 1.82) is 0 Å². The second-order valence-corrected chi connectivity index (χ2v) is 10.7. The molecule has 0 aliphatic heterocycles. The number of aliphatic hydroxyl groups excluding tert-OH is 1. The molecule has 4 rings (SSSR count). The summed E-state index contributed by atoms with van der Waals surface area (Å²) in [6.45, 7) is 7.24. The molecule has 0 spiro atoms. The topological polar surface area (TPSA) is 57.5 Å². The summed E-state index contributed by atoms with van der Waals surface area (Å²) in [4.78, 5) is 11.0. The molecule has 7 atom stereocenters. The van der Waals surface area contributed by atoms with Gasteiger partial charge in [-0.1, -0.05) is 25.0 Å². The molecule has 0 aromatic rings. The molecule has 0 bridgehead atoms. The van der Waals surface area contributed by atoms with Crippen LogP contribution in [0, 0.1) is 34.5 Å². The summed E-state index contributed by atoms with van der Waals surface area (Å²) in [5, 5.41) is 19.3. The first-order chi connectivity index (χ1) is 12.8. The first kappa shape index (κ1) is 19.5. The van der Waals surface area contributed by atoms with Crippen LogP contribution in [0.1, 0.15) is 91.4 Å².